The van der Waals surface area contributed by atoms with Gasteiger partial charge < -0.3 is 50.7 Å². The number of rotatable bonds is 26. The third-order valence-electron chi connectivity index (χ3n) is 15.7. The summed E-state index contributed by atoms with van der Waals surface area (Å²) in [4.78, 5) is 165. The number of carbonyl (C=O) groups excluding carboxylic acids is 6. The molecule has 4 aromatic rings. The lowest BCUT2D eigenvalue weighted by molar-refractivity contribution is -0.140. The van der Waals surface area contributed by atoms with Gasteiger partial charge >= 0.3 is 35.8 Å². The Bertz CT molecular complexity index is 3150. The number of aliphatic carboxylic acids is 6. The zero-order valence-corrected chi connectivity index (χ0v) is 52.8. The molecule has 95 heavy (non-hydrogen) atoms. The van der Waals surface area contributed by atoms with Crippen LogP contribution < -0.4 is 41.8 Å². The molecule has 2 fully saturated rings. The van der Waals surface area contributed by atoms with Crippen LogP contribution in [-0.2, 0) is 54.4 Å². The molecular formula is C61H82N14O20. The summed E-state index contributed by atoms with van der Waals surface area (Å²) < 4.78 is 11.9. The van der Waals surface area contributed by atoms with Crippen LogP contribution in [0.15, 0.2) is 60.7 Å². The van der Waals surface area contributed by atoms with E-state index in [0.717, 1.165) is 0 Å². The molecule has 4 aromatic carbocycles. The van der Waals surface area contributed by atoms with Crippen molar-refractivity contribution in [2.75, 3.05) is 184 Å². The van der Waals surface area contributed by atoms with E-state index in [-0.39, 0.29) is 186 Å². The first kappa shape index (κ1) is 74.4. The van der Waals surface area contributed by atoms with E-state index in [1.807, 2.05) is 0 Å². The minimum Gasteiger partial charge on any atom is -0.496 e. The fourth-order valence-electron chi connectivity index (χ4n) is 11.1. The van der Waals surface area contributed by atoms with Gasteiger partial charge in [0.05, 0.1) is 90.8 Å². The first-order valence-electron chi connectivity index (χ1n) is 30.4. The predicted molar refractivity (Wildman–Crippen MR) is 338 cm³/mol. The summed E-state index contributed by atoms with van der Waals surface area (Å²) in [7, 11) is 2.70. The molecule has 2 aliphatic rings. The molecule has 2 aliphatic heterocycles. The lowest BCUT2D eigenvalue weighted by Crippen LogP contribution is -2.51. The molecule has 6 amide bonds. The van der Waals surface area contributed by atoms with E-state index in [9.17, 15) is 88.2 Å². The van der Waals surface area contributed by atoms with E-state index >= 15 is 0 Å². The number of methoxy groups -OCH3 is 2. The highest BCUT2D eigenvalue weighted by molar-refractivity contribution is 6.06. The number of hydrazine groups is 2. The number of fused-ring (bicyclic) bond motifs is 2. The largest absolute Gasteiger partial charge is 0.496 e. The molecule has 0 unspecified atom stereocenters. The Kier molecular flexibility index (Phi) is 29.2. The third kappa shape index (κ3) is 24.6. The van der Waals surface area contributed by atoms with Gasteiger partial charge in [-0.15, -0.1) is 0 Å². The molecule has 0 atom stereocenters. The Labute approximate surface area is 545 Å². The number of amides is 6. The average molecular weight is 1330 g/mol. The van der Waals surface area contributed by atoms with Crippen LogP contribution in [0.4, 0.5) is 0 Å². The van der Waals surface area contributed by atoms with Crippen molar-refractivity contribution in [1.29, 1.82) is 0 Å². The Hall–Kier alpha value is -9.68. The second kappa shape index (κ2) is 37.3. The average Bonchev–Trinajstić information content (AvgIpc) is 0.761. The van der Waals surface area contributed by atoms with Crippen molar-refractivity contribution in [2.45, 2.75) is 6.42 Å². The summed E-state index contributed by atoms with van der Waals surface area (Å²) in [6, 6.07) is 17.3. The minimum absolute atomic E-state index is 0.0212. The molecule has 0 radical (unpaired) electrons. The van der Waals surface area contributed by atoms with Crippen molar-refractivity contribution in [3.63, 3.8) is 0 Å². The van der Waals surface area contributed by atoms with Crippen molar-refractivity contribution in [3.8, 4) is 11.5 Å². The zero-order chi connectivity index (χ0) is 69.1. The van der Waals surface area contributed by atoms with Gasteiger partial charge in [0.15, 0.2) is 0 Å². The summed E-state index contributed by atoms with van der Waals surface area (Å²) in [5, 5.41) is 64.7. The van der Waals surface area contributed by atoms with E-state index in [1.54, 1.807) is 99.9 Å². The Morgan fingerprint density at radius 3 is 0.832 bits per heavy atom. The second-order valence-electron chi connectivity index (χ2n) is 22.6. The molecule has 34 nitrogen and oxygen atoms in total. The number of carbonyl (C=O) groups is 12. The summed E-state index contributed by atoms with van der Waals surface area (Å²) in [5.41, 5.74) is 10.3. The van der Waals surface area contributed by atoms with E-state index < -0.39 is 84.3 Å². The number of nitrogens with zero attached hydrogens (tertiary/aromatic N) is 8. The van der Waals surface area contributed by atoms with Gasteiger partial charge in [0.2, 0.25) is 11.8 Å². The number of nitrogens with one attached hydrogen (secondary N) is 6. The maximum Gasteiger partial charge on any atom is 0.317 e. The maximum atomic E-state index is 14.1. The second-order valence-corrected chi connectivity index (χ2v) is 22.6. The molecule has 0 aliphatic carbocycles. The Morgan fingerprint density at radius 1 is 0.347 bits per heavy atom. The van der Waals surface area contributed by atoms with Crippen LogP contribution in [0.3, 0.4) is 0 Å². The Balaban J connectivity index is 1.11. The number of carboxylic acid groups (broad SMARTS) is 6. The van der Waals surface area contributed by atoms with Gasteiger partial charge in [0.1, 0.15) is 11.5 Å². The van der Waals surface area contributed by atoms with Gasteiger partial charge in [-0.2, -0.15) is 0 Å². The number of hydrogen-bond donors (Lipinski definition) is 12. The normalized spacial score (nSPS) is 16.1. The number of benzene rings is 4. The van der Waals surface area contributed by atoms with Crippen LogP contribution >= 0.6 is 0 Å². The van der Waals surface area contributed by atoms with E-state index in [4.69, 9.17) is 9.47 Å². The van der Waals surface area contributed by atoms with Crippen molar-refractivity contribution >= 4 is 92.8 Å². The highest BCUT2D eigenvalue weighted by Crippen LogP contribution is 2.40. The van der Waals surface area contributed by atoms with Crippen molar-refractivity contribution in [1.82, 2.24) is 71.5 Å². The van der Waals surface area contributed by atoms with Gasteiger partial charge in [-0.1, -0.05) is 48.5 Å². The smallest absolute Gasteiger partial charge is 0.317 e. The summed E-state index contributed by atoms with van der Waals surface area (Å²) in [6.07, 6.45) is -0.0262. The van der Waals surface area contributed by atoms with Crippen LogP contribution in [0.25, 0.3) is 21.5 Å². The lowest BCUT2D eigenvalue weighted by Gasteiger charge is -2.32. The quantitative estimate of drug-likeness (QED) is 0.0269. The van der Waals surface area contributed by atoms with Crippen LogP contribution in [0, 0.1) is 0 Å². The molecule has 12 N–H and O–H groups in total. The molecule has 0 saturated carbocycles. The number of hydrogen-bond acceptors (Lipinski definition) is 22. The molecule has 0 bridgehead atoms. The molecule has 34 heteroatoms. The zero-order valence-electron chi connectivity index (χ0n) is 52.8. The minimum atomic E-state index is -1.11. The molecule has 0 aromatic heterocycles. The van der Waals surface area contributed by atoms with Crippen LogP contribution in [0.2, 0.25) is 0 Å². The standard InChI is InChI=1S/C61H82N14O20/c1-94-58-44(42-9-5-3-7-40(42)27-46(58)60(92)66-64-48(76)30-62-50(78)32-68-11-15-70(34-52(80)81)19-23-74(38-56(88)89)24-20-71(16-12-68)35-53(82)83)29-45-43-10-6-4-8-41(43)28-47(59(45)95-2)61(93)67-65-49(77)31-63-51(79)33-69-13-17-72(36-54(84)85)21-25-75(39-57(90)91)26-22-73(18-14-69)37-55(86)87/h3-10,27-28H,11-26,29-39H2,1-2H3,(H,62,78)(H,63,79)(H,64,76)(H,65,77)(H,66,92)(H,67,93)(H,80,81)(H,82,83)(H,84,85)(H,86,87)(H,88,89)(H,90,91). The summed E-state index contributed by atoms with van der Waals surface area (Å²) in [6.45, 7) is -1.19. The molecular weight excluding hydrogens is 1250 g/mol. The van der Waals surface area contributed by atoms with Gasteiger partial charge in [-0.05, 0) is 33.7 Å². The van der Waals surface area contributed by atoms with Gasteiger partial charge in [0, 0.05) is 122 Å². The molecule has 6 rings (SSSR count). The summed E-state index contributed by atoms with van der Waals surface area (Å²) in [5.74, 6) is -11.0. The van der Waals surface area contributed by atoms with Crippen molar-refractivity contribution < 1.29 is 97.6 Å². The number of ether oxygens (including phenoxy) is 2. The van der Waals surface area contributed by atoms with Gasteiger partial charge in [0.25, 0.3) is 23.6 Å². The van der Waals surface area contributed by atoms with Gasteiger partial charge in [-0.3, -0.25) is 118 Å². The van der Waals surface area contributed by atoms with E-state index in [0.29, 0.717) is 32.7 Å². The van der Waals surface area contributed by atoms with Crippen LogP contribution in [-0.4, -0.2) is 325 Å². The topological polar surface area (TPSA) is 443 Å². The van der Waals surface area contributed by atoms with Crippen LogP contribution in [0.1, 0.15) is 31.8 Å². The monoisotopic (exact) mass is 1330 g/mol. The van der Waals surface area contributed by atoms with Crippen LogP contribution in [0.5, 0.6) is 11.5 Å². The van der Waals surface area contributed by atoms with Crippen molar-refractivity contribution in [3.05, 3.63) is 82.9 Å². The highest BCUT2D eigenvalue weighted by atomic mass is 16.5. The fraction of sp³-hybridized carbons (Fsp3) is 0.475. The molecule has 2 saturated heterocycles. The van der Waals surface area contributed by atoms with Crippen molar-refractivity contribution in [2.24, 2.45) is 0 Å². The van der Waals surface area contributed by atoms with Gasteiger partial charge in [-0.25, -0.2) is 0 Å². The maximum absolute atomic E-state index is 14.1. The predicted octanol–water partition coefficient (Wildman–Crippen LogP) is -3.69. The van der Waals surface area contributed by atoms with E-state index in [2.05, 4.69) is 32.3 Å². The summed E-state index contributed by atoms with van der Waals surface area (Å²) >= 11 is 0. The Morgan fingerprint density at radius 2 is 0.589 bits per heavy atom. The first-order chi connectivity index (χ1) is 45.4. The first-order valence-corrected chi connectivity index (χ1v) is 30.4. The molecule has 2 heterocycles. The molecule has 516 valence electrons. The lowest BCUT2D eigenvalue weighted by atomic mass is 9.90. The number of carboxylic acids is 6. The third-order valence-corrected chi connectivity index (χ3v) is 15.7. The van der Waals surface area contributed by atoms with E-state index in [1.165, 1.54) is 14.2 Å². The SMILES string of the molecule is COc1c(C(=O)NNC(=O)CNC(=O)CN2CCN(CC(=O)O)CCN(CC(=O)O)CCN(CC(=O)O)CC2)cc2ccccc2c1Cc1c(OC)c(C(=O)NNC(=O)CNC(=O)CN2CCN(CC(=O)O)CCN(CC(=O)O)CCN(CC(=O)O)CC2)cc2ccccc12. The fourth-order valence-corrected chi connectivity index (χ4v) is 11.1. The molecule has 0 spiro atoms. The highest BCUT2D eigenvalue weighted by Gasteiger charge is 2.28.